The molecular formula is C16H18N5O3S2+. The standard InChI is InChI=1S/C16H17N5O3S2/c1-12-14(15(22)21-10-11-25-16(21)18-12)26(23,24)20-8-6-19(7-9-20)13-4-2-3-5-17-13/h2-5,10-11H,6-9H2,1H3/p+1. The Morgan fingerprint density at radius 1 is 1.19 bits per heavy atom. The van der Waals surface area contributed by atoms with Crippen molar-refractivity contribution in [2.75, 3.05) is 31.1 Å². The summed E-state index contributed by atoms with van der Waals surface area (Å²) in [4.78, 5) is 22.5. The first-order valence-corrected chi connectivity index (χ1v) is 10.5. The van der Waals surface area contributed by atoms with Gasteiger partial charge in [-0.2, -0.15) is 4.31 Å². The molecule has 0 saturated carbocycles. The minimum Gasteiger partial charge on any atom is -0.267 e. The number of nitrogens with one attached hydrogen (secondary N) is 1. The number of H-pyrrole nitrogens is 1. The first-order chi connectivity index (χ1) is 12.5. The van der Waals surface area contributed by atoms with E-state index in [1.54, 1.807) is 18.5 Å². The number of anilines is 1. The van der Waals surface area contributed by atoms with Gasteiger partial charge in [0.25, 0.3) is 21.4 Å². The van der Waals surface area contributed by atoms with Crippen LogP contribution >= 0.6 is 11.3 Å². The van der Waals surface area contributed by atoms with Crippen molar-refractivity contribution in [2.45, 2.75) is 11.8 Å². The molecule has 0 spiro atoms. The Morgan fingerprint density at radius 2 is 1.96 bits per heavy atom. The van der Waals surface area contributed by atoms with Crippen molar-refractivity contribution in [1.82, 2.24) is 13.7 Å². The molecule has 0 unspecified atom stereocenters. The Bertz CT molecular complexity index is 1100. The van der Waals surface area contributed by atoms with Gasteiger partial charge in [-0.3, -0.25) is 14.1 Å². The number of rotatable bonds is 3. The lowest BCUT2D eigenvalue weighted by atomic mass is 10.3. The topological polar surface area (TPSA) is 89.1 Å². The highest BCUT2D eigenvalue weighted by molar-refractivity contribution is 7.89. The quantitative estimate of drug-likeness (QED) is 0.643. The lowest BCUT2D eigenvalue weighted by Crippen LogP contribution is -2.50. The van der Waals surface area contributed by atoms with Crippen LogP contribution in [0.2, 0.25) is 0 Å². The van der Waals surface area contributed by atoms with Gasteiger partial charge in [0.1, 0.15) is 0 Å². The number of pyridine rings is 1. The molecule has 0 atom stereocenters. The maximum absolute atomic E-state index is 13.1. The molecule has 1 N–H and O–H groups in total. The second-order valence-corrected chi connectivity index (χ2v) is 8.77. The van der Waals surface area contributed by atoms with Crippen molar-refractivity contribution in [3.8, 4) is 0 Å². The summed E-state index contributed by atoms with van der Waals surface area (Å²) in [5.41, 5.74) is -0.288. The van der Waals surface area contributed by atoms with Crippen molar-refractivity contribution in [3.05, 3.63) is 52.0 Å². The summed E-state index contributed by atoms with van der Waals surface area (Å²) in [7, 11) is -3.89. The molecule has 0 aromatic carbocycles. The largest absolute Gasteiger partial charge is 0.279 e. The molecule has 10 heteroatoms. The maximum Gasteiger partial charge on any atom is 0.279 e. The highest BCUT2D eigenvalue weighted by atomic mass is 32.2. The van der Waals surface area contributed by atoms with Crippen LogP contribution in [0.4, 0.5) is 5.82 Å². The Morgan fingerprint density at radius 3 is 2.65 bits per heavy atom. The average molecular weight is 392 g/mol. The van der Waals surface area contributed by atoms with Gasteiger partial charge in [0.05, 0.1) is 38.1 Å². The predicted molar refractivity (Wildman–Crippen MR) is 98.0 cm³/mol. The highest BCUT2D eigenvalue weighted by Gasteiger charge is 2.35. The van der Waals surface area contributed by atoms with Crippen LogP contribution < -0.4 is 15.4 Å². The SMILES string of the molecule is Cc1nc2sccn2c(=O)c1S(=O)(=O)N1CCN(c2cccc[nH+]2)CC1. The molecule has 26 heavy (non-hydrogen) atoms. The molecular weight excluding hydrogens is 374 g/mol. The monoisotopic (exact) mass is 392 g/mol. The van der Waals surface area contributed by atoms with Gasteiger partial charge in [-0.1, -0.05) is 6.07 Å². The van der Waals surface area contributed by atoms with Crippen LogP contribution in [0.3, 0.4) is 0 Å². The van der Waals surface area contributed by atoms with E-state index in [-0.39, 0.29) is 10.6 Å². The molecule has 0 radical (unpaired) electrons. The van der Waals surface area contributed by atoms with Gasteiger partial charge in [0, 0.05) is 17.6 Å². The first kappa shape index (κ1) is 17.1. The van der Waals surface area contributed by atoms with Crippen LogP contribution in [0, 0.1) is 6.92 Å². The molecule has 0 bridgehead atoms. The van der Waals surface area contributed by atoms with E-state index < -0.39 is 15.6 Å². The number of nitrogens with zero attached hydrogens (tertiary/aromatic N) is 4. The Balaban J connectivity index is 1.64. The predicted octanol–water partition coefficient (Wildman–Crippen LogP) is 0.389. The number of aryl methyl sites for hydroxylation is 1. The number of aromatic amines is 1. The van der Waals surface area contributed by atoms with Crippen molar-refractivity contribution < 1.29 is 13.4 Å². The fraction of sp³-hybridized carbons (Fsp3) is 0.312. The molecule has 1 aliphatic rings. The van der Waals surface area contributed by atoms with E-state index >= 15 is 0 Å². The van der Waals surface area contributed by atoms with Crippen molar-refractivity contribution in [2.24, 2.45) is 0 Å². The number of thiazole rings is 1. The van der Waals surface area contributed by atoms with Gasteiger partial charge in [0.15, 0.2) is 9.86 Å². The van der Waals surface area contributed by atoms with Crippen molar-refractivity contribution in [3.63, 3.8) is 0 Å². The zero-order chi connectivity index (χ0) is 18.3. The molecule has 4 heterocycles. The fourth-order valence-electron chi connectivity index (χ4n) is 3.14. The van der Waals surface area contributed by atoms with E-state index in [0.717, 1.165) is 5.82 Å². The molecule has 1 fully saturated rings. The van der Waals surface area contributed by atoms with Crippen LogP contribution in [-0.2, 0) is 10.0 Å². The highest BCUT2D eigenvalue weighted by Crippen LogP contribution is 2.20. The third-order valence-corrected chi connectivity index (χ3v) is 7.25. The van der Waals surface area contributed by atoms with Gasteiger partial charge in [-0.15, -0.1) is 11.3 Å². The number of sulfonamides is 1. The van der Waals surface area contributed by atoms with E-state index in [2.05, 4.69) is 14.9 Å². The fourth-order valence-corrected chi connectivity index (χ4v) is 5.53. The zero-order valence-electron chi connectivity index (χ0n) is 14.1. The summed E-state index contributed by atoms with van der Waals surface area (Å²) in [6.45, 7) is 3.30. The number of piperazine rings is 1. The van der Waals surface area contributed by atoms with Gasteiger partial charge < -0.3 is 0 Å². The smallest absolute Gasteiger partial charge is 0.267 e. The number of aromatic nitrogens is 3. The first-order valence-electron chi connectivity index (χ1n) is 8.17. The minimum absolute atomic E-state index is 0.229. The van der Waals surface area contributed by atoms with E-state index in [9.17, 15) is 13.2 Å². The van der Waals surface area contributed by atoms with E-state index in [1.165, 1.54) is 20.0 Å². The lowest BCUT2D eigenvalue weighted by Gasteiger charge is -2.30. The van der Waals surface area contributed by atoms with E-state index in [4.69, 9.17) is 0 Å². The third-order valence-electron chi connectivity index (χ3n) is 4.46. The molecule has 8 nitrogen and oxygen atoms in total. The maximum atomic E-state index is 13.1. The molecule has 1 aliphatic heterocycles. The summed E-state index contributed by atoms with van der Waals surface area (Å²) in [6.07, 6.45) is 3.39. The Hall–Kier alpha value is -2.30. The second kappa shape index (κ2) is 6.45. The van der Waals surface area contributed by atoms with Crippen molar-refractivity contribution >= 4 is 32.1 Å². The summed E-state index contributed by atoms with van der Waals surface area (Å²) < 4.78 is 28.8. The van der Waals surface area contributed by atoms with E-state index in [0.29, 0.717) is 31.1 Å². The zero-order valence-corrected chi connectivity index (χ0v) is 15.8. The number of hydrogen-bond donors (Lipinski definition) is 0. The molecule has 3 aromatic heterocycles. The van der Waals surface area contributed by atoms with Crippen LogP contribution in [-0.4, -0.2) is 48.3 Å². The Labute approximate surface area is 154 Å². The molecule has 1 saturated heterocycles. The van der Waals surface area contributed by atoms with Gasteiger partial charge in [-0.05, 0) is 13.0 Å². The summed E-state index contributed by atoms with van der Waals surface area (Å²) in [6, 6.07) is 5.78. The molecule has 0 aliphatic carbocycles. The molecule has 4 rings (SSSR count). The van der Waals surface area contributed by atoms with Crippen LogP contribution in [0.15, 0.2) is 45.7 Å². The molecule has 3 aromatic rings. The van der Waals surface area contributed by atoms with Gasteiger partial charge >= 0.3 is 0 Å². The number of hydrogen-bond acceptors (Lipinski definition) is 6. The van der Waals surface area contributed by atoms with Gasteiger partial charge in [0.2, 0.25) is 0 Å². The second-order valence-electron chi connectivity index (χ2n) is 6.03. The lowest BCUT2D eigenvalue weighted by molar-refractivity contribution is -0.364. The minimum atomic E-state index is -3.89. The number of fused-ring (bicyclic) bond motifs is 1. The summed E-state index contributed by atoms with van der Waals surface area (Å²) in [5, 5.41) is 1.72. The molecule has 0 amide bonds. The average Bonchev–Trinajstić information content (AvgIpc) is 3.11. The van der Waals surface area contributed by atoms with E-state index in [1.807, 2.05) is 24.4 Å². The van der Waals surface area contributed by atoms with Crippen LogP contribution in [0.25, 0.3) is 4.96 Å². The van der Waals surface area contributed by atoms with Crippen molar-refractivity contribution in [1.29, 1.82) is 0 Å². The molecule has 136 valence electrons. The Kier molecular flexibility index (Phi) is 4.25. The summed E-state index contributed by atoms with van der Waals surface area (Å²) >= 11 is 1.30. The third kappa shape index (κ3) is 2.79. The normalized spacial score (nSPS) is 16.3. The summed E-state index contributed by atoms with van der Waals surface area (Å²) in [5.74, 6) is 0.946. The van der Waals surface area contributed by atoms with Crippen LogP contribution in [0.1, 0.15) is 5.69 Å². The van der Waals surface area contributed by atoms with Gasteiger partial charge in [-0.25, -0.2) is 18.4 Å². The van der Waals surface area contributed by atoms with Crippen LogP contribution in [0.5, 0.6) is 0 Å².